The van der Waals surface area contributed by atoms with Crippen LogP contribution in [0.25, 0.3) is 10.9 Å². The number of carbonyl (C=O) groups excluding carboxylic acids is 1. The van der Waals surface area contributed by atoms with Crippen molar-refractivity contribution in [1.82, 2.24) is 20.5 Å². The summed E-state index contributed by atoms with van der Waals surface area (Å²) >= 11 is 0. The summed E-state index contributed by atoms with van der Waals surface area (Å²) in [7, 11) is 0. The average molecular weight is 444 g/mol. The molecule has 0 saturated carbocycles. The number of rotatable bonds is 5. The van der Waals surface area contributed by atoms with Gasteiger partial charge in [-0.15, -0.1) is 0 Å². The average Bonchev–Trinajstić information content (AvgIpc) is 3.15. The molecule has 1 aliphatic rings. The highest BCUT2D eigenvalue weighted by atomic mass is 19.3. The van der Waals surface area contributed by atoms with Crippen LogP contribution in [0.3, 0.4) is 0 Å². The molecule has 0 aliphatic carbocycles. The Hall–Kier alpha value is -3.27. The van der Waals surface area contributed by atoms with Gasteiger partial charge < -0.3 is 15.3 Å². The number of hydrogen-bond acceptors (Lipinski definition) is 5. The lowest BCUT2D eigenvalue weighted by atomic mass is 9.92. The van der Waals surface area contributed by atoms with Crippen molar-refractivity contribution in [2.75, 3.05) is 23.3 Å². The van der Waals surface area contributed by atoms with E-state index in [1.807, 2.05) is 35.2 Å². The largest absolute Gasteiger partial charge is 0.388 e. The van der Waals surface area contributed by atoms with Crippen molar-refractivity contribution in [1.29, 1.82) is 0 Å². The first kappa shape index (κ1) is 21.9. The van der Waals surface area contributed by atoms with Gasteiger partial charge in [0.25, 0.3) is 5.92 Å². The maximum absolute atomic E-state index is 13.5. The van der Waals surface area contributed by atoms with Gasteiger partial charge in [0.05, 0.1) is 22.5 Å². The fourth-order valence-corrected chi connectivity index (χ4v) is 3.85. The summed E-state index contributed by atoms with van der Waals surface area (Å²) in [4.78, 5) is 18.7. The van der Waals surface area contributed by atoms with Gasteiger partial charge in [0.1, 0.15) is 5.82 Å². The molecule has 170 valence electrons. The lowest BCUT2D eigenvalue weighted by molar-refractivity contribution is -0.0221. The van der Waals surface area contributed by atoms with E-state index in [9.17, 15) is 18.7 Å². The number of nitrogens with one attached hydrogen (secondary N) is 3. The summed E-state index contributed by atoms with van der Waals surface area (Å²) in [6.45, 7) is 3.68. The third-order valence-corrected chi connectivity index (χ3v) is 5.58. The van der Waals surface area contributed by atoms with Crippen LogP contribution >= 0.6 is 0 Å². The van der Waals surface area contributed by atoms with Crippen molar-refractivity contribution in [3.63, 3.8) is 0 Å². The second-order valence-electron chi connectivity index (χ2n) is 8.60. The van der Waals surface area contributed by atoms with E-state index in [1.165, 1.54) is 0 Å². The van der Waals surface area contributed by atoms with Crippen molar-refractivity contribution < 1.29 is 18.7 Å². The molecule has 3 heterocycles. The molecule has 1 fully saturated rings. The number of hydrogen-bond donors (Lipinski definition) is 4. The van der Waals surface area contributed by atoms with Gasteiger partial charge in [-0.05, 0) is 19.4 Å². The molecule has 0 spiro atoms. The number of urea groups is 1. The van der Waals surface area contributed by atoms with Gasteiger partial charge in [0.15, 0.2) is 5.82 Å². The molecule has 8 nitrogen and oxygen atoms in total. The molecule has 4 N–H and O–H groups in total. The Morgan fingerprint density at radius 3 is 2.59 bits per heavy atom. The van der Waals surface area contributed by atoms with Crippen LogP contribution in [0.5, 0.6) is 0 Å². The quantitative estimate of drug-likeness (QED) is 0.479. The molecule has 1 saturated heterocycles. The van der Waals surface area contributed by atoms with Crippen molar-refractivity contribution in [3.05, 3.63) is 48.2 Å². The molecule has 10 heteroatoms. The minimum absolute atomic E-state index is 0.210. The summed E-state index contributed by atoms with van der Waals surface area (Å²) in [5.41, 5.74) is 0.202. The number of anilines is 2. The van der Waals surface area contributed by atoms with Crippen molar-refractivity contribution in [2.24, 2.45) is 0 Å². The predicted molar refractivity (Wildman–Crippen MR) is 118 cm³/mol. The Balaban J connectivity index is 1.47. The molecule has 1 aromatic carbocycles. The molecule has 1 atom stereocenters. The van der Waals surface area contributed by atoms with Gasteiger partial charge in [-0.25, -0.2) is 18.6 Å². The molecule has 0 bridgehead atoms. The highest BCUT2D eigenvalue weighted by molar-refractivity contribution is 5.94. The first-order chi connectivity index (χ1) is 15.1. The Labute approximate surface area is 184 Å². The van der Waals surface area contributed by atoms with E-state index in [2.05, 4.69) is 25.8 Å². The zero-order valence-corrected chi connectivity index (χ0v) is 17.9. The van der Waals surface area contributed by atoms with Crippen LogP contribution < -0.4 is 15.5 Å². The van der Waals surface area contributed by atoms with Crippen LogP contribution in [0.2, 0.25) is 0 Å². The molecule has 0 radical (unpaired) electrons. The normalized spacial score (nSPS) is 17.2. The predicted octanol–water partition coefficient (Wildman–Crippen LogP) is 3.83. The van der Waals surface area contributed by atoms with Crippen LogP contribution in [0.15, 0.2) is 42.6 Å². The second-order valence-corrected chi connectivity index (χ2v) is 8.60. The van der Waals surface area contributed by atoms with E-state index in [1.54, 1.807) is 26.1 Å². The van der Waals surface area contributed by atoms with Crippen molar-refractivity contribution >= 4 is 28.6 Å². The topological polar surface area (TPSA) is 106 Å². The molecule has 3 aromatic rings. The maximum Gasteiger partial charge on any atom is 0.320 e. The summed E-state index contributed by atoms with van der Waals surface area (Å²) in [6, 6.07) is 9.66. The third kappa shape index (κ3) is 4.80. The first-order valence-electron chi connectivity index (χ1n) is 10.4. The van der Waals surface area contributed by atoms with Crippen LogP contribution in [0.1, 0.15) is 38.3 Å². The number of amides is 2. The second kappa shape index (κ2) is 8.34. The number of aromatic nitrogens is 3. The van der Waals surface area contributed by atoms with Gasteiger partial charge in [-0.2, -0.15) is 5.10 Å². The number of benzene rings is 1. The number of fused-ring (bicyclic) bond motifs is 1. The Morgan fingerprint density at radius 1 is 1.25 bits per heavy atom. The molecule has 0 unspecified atom stereocenters. The van der Waals surface area contributed by atoms with E-state index in [-0.39, 0.29) is 31.7 Å². The number of H-pyrrole nitrogens is 1. The Morgan fingerprint density at radius 2 is 1.94 bits per heavy atom. The number of piperidine rings is 1. The number of aromatic amines is 1. The van der Waals surface area contributed by atoms with Crippen molar-refractivity contribution in [2.45, 2.75) is 44.3 Å². The first-order valence-corrected chi connectivity index (χ1v) is 10.4. The zero-order valence-electron chi connectivity index (χ0n) is 17.9. The van der Waals surface area contributed by atoms with Gasteiger partial charge in [0, 0.05) is 38.2 Å². The maximum atomic E-state index is 13.5. The van der Waals surface area contributed by atoms with Gasteiger partial charge in [-0.1, -0.05) is 30.3 Å². The summed E-state index contributed by atoms with van der Waals surface area (Å²) < 4.78 is 26.9. The lowest BCUT2D eigenvalue weighted by Crippen LogP contribution is -2.43. The summed E-state index contributed by atoms with van der Waals surface area (Å²) in [6.07, 6.45) is 1.14. The minimum atomic E-state index is -2.63. The van der Waals surface area contributed by atoms with Crippen molar-refractivity contribution in [3.8, 4) is 0 Å². The standard InChI is InChI=1S/C22H26F2N6O2/c1-21(2,32)18(14-6-4-3-5-7-14)27-20(31)26-17-12-16-15(13-25-17)19(29-28-16)30-10-8-22(23,24)9-11-30/h3-7,12-13,18,32H,8-11H2,1-2H3,(H,28,29)(H2,25,26,27,31)/t18-/m0/s1. The van der Waals surface area contributed by atoms with E-state index < -0.39 is 23.6 Å². The monoisotopic (exact) mass is 444 g/mol. The van der Waals surface area contributed by atoms with Crippen LogP contribution in [-0.2, 0) is 0 Å². The SMILES string of the molecule is CC(C)(O)[C@@H](NC(=O)Nc1cc2[nH]nc(N3CCC(F)(F)CC3)c2cn1)c1ccccc1. The Kier molecular flexibility index (Phi) is 5.72. The number of nitrogens with zero attached hydrogens (tertiary/aromatic N) is 3. The number of halogens is 2. The van der Waals surface area contributed by atoms with Gasteiger partial charge >= 0.3 is 6.03 Å². The molecular formula is C22H26F2N6O2. The smallest absolute Gasteiger partial charge is 0.320 e. The van der Waals surface area contributed by atoms with E-state index in [0.29, 0.717) is 16.7 Å². The van der Waals surface area contributed by atoms with E-state index >= 15 is 0 Å². The fourth-order valence-electron chi connectivity index (χ4n) is 3.85. The third-order valence-electron chi connectivity index (χ3n) is 5.58. The van der Waals surface area contributed by atoms with Crippen LogP contribution in [-0.4, -0.2) is 50.9 Å². The number of pyridine rings is 1. The van der Waals surface area contributed by atoms with Crippen LogP contribution in [0, 0.1) is 0 Å². The molecule has 1 aliphatic heterocycles. The minimum Gasteiger partial charge on any atom is -0.388 e. The van der Waals surface area contributed by atoms with E-state index in [4.69, 9.17) is 0 Å². The summed E-state index contributed by atoms with van der Waals surface area (Å²) in [5, 5.41) is 23.8. The summed E-state index contributed by atoms with van der Waals surface area (Å²) in [5.74, 6) is -1.77. The molecule has 2 amide bonds. The highest BCUT2D eigenvalue weighted by Crippen LogP contribution is 2.33. The van der Waals surface area contributed by atoms with E-state index in [0.717, 1.165) is 5.56 Å². The zero-order chi connectivity index (χ0) is 22.9. The number of carbonyl (C=O) groups is 1. The van der Waals surface area contributed by atoms with Crippen LogP contribution in [0.4, 0.5) is 25.2 Å². The highest BCUT2D eigenvalue weighted by Gasteiger charge is 2.35. The molecular weight excluding hydrogens is 418 g/mol. The van der Waals surface area contributed by atoms with Gasteiger partial charge in [-0.3, -0.25) is 10.4 Å². The molecule has 4 rings (SSSR count). The molecule has 32 heavy (non-hydrogen) atoms. The molecule has 2 aromatic heterocycles. The lowest BCUT2D eigenvalue weighted by Gasteiger charge is -2.31. The Bertz CT molecular complexity index is 1090. The number of alkyl halides is 2. The fraction of sp³-hybridized carbons (Fsp3) is 0.409. The number of aliphatic hydroxyl groups is 1. The van der Waals surface area contributed by atoms with Gasteiger partial charge in [0.2, 0.25) is 0 Å².